The summed E-state index contributed by atoms with van der Waals surface area (Å²) in [4.78, 5) is 12.0. The lowest BCUT2D eigenvalue weighted by Gasteiger charge is -2.54. The Bertz CT molecular complexity index is 749. The highest BCUT2D eigenvalue weighted by Gasteiger charge is 2.56. The van der Waals surface area contributed by atoms with Crippen LogP contribution >= 0.6 is 24.0 Å². The summed E-state index contributed by atoms with van der Waals surface area (Å²) in [5.41, 5.74) is 1.33. The van der Waals surface area contributed by atoms with E-state index in [2.05, 4.69) is 34.4 Å². The molecule has 2 unspecified atom stereocenters. The minimum atomic E-state index is 0. The average molecular weight is 574 g/mol. The number of aryl methyl sites for hydroxylation is 2. The van der Waals surface area contributed by atoms with E-state index in [0.717, 1.165) is 69.1 Å². The summed E-state index contributed by atoms with van der Waals surface area (Å²) in [6.45, 7) is 13.9. The van der Waals surface area contributed by atoms with Crippen molar-refractivity contribution in [1.82, 2.24) is 20.5 Å². The standard InChI is InChI=1S/C25H43N5O2.HI/c1-5-26-24(29-21-15-22(31-6-2)25(21)11-7-8-12-25)27-16-20-9-13-30(14-10-20)17-23-28-18(3)19(4)32-23;/h20-22H,5-17H2,1-4H3,(H2,26,27,29);1H. The van der Waals surface area contributed by atoms with Crippen molar-refractivity contribution in [2.45, 2.75) is 91.3 Å². The van der Waals surface area contributed by atoms with Crippen LogP contribution in [0.5, 0.6) is 0 Å². The number of likely N-dealkylation sites (tertiary alicyclic amines) is 1. The zero-order valence-corrected chi connectivity index (χ0v) is 23.3. The number of piperidine rings is 1. The van der Waals surface area contributed by atoms with Gasteiger partial charge in [0, 0.05) is 31.2 Å². The Morgan fingerprint density at radius 1 is 1.21 bits per heavy atom. The molecule has 0 radical (unpaired) electrons. The summed E-state index contributed by atoms with van der Waals surface area (Å²) in [5.74, 6) is 3.42. The number of ether oxygens (including phenoxy) is 1. The highest BCUT2D eigenvalue weighted by atomic mass is 127. The van der Waals surface area contributed by atoms with Crippen LogP contribution in [0.15, 0.2) is 9.41 Å². The monoisotopic (exact) mass is 573 g/mol. The minimum absolute atomic E-state index is 0. The van der Waals surface area contributed by atoms with E-state index in [1.807, 2.05) is 13.8 Å². The molecule has 8 heteroatoms. The van der Waals surface area contributed by atoms with E-state index >= 15 is 0 Å². The summed E-state index contributed by atoms with van der Waals surface area (Å²) in [7, 11) is 0. The molecule has 188 valence electrons. The topological polar surface area (TPSA) is 74.9 Å². The first-order valence-corrected chi connectivity index (χ1v) is 12.9. The van der Waals surface area contributed by atoms with Crippen LogP contribution < -0.4 is 10.6 Å². The molecular weight excluding hydrogens is 529 g/mol. The number of rotatable bonds is 8. The van der Waals surface area contributed by atoms with Gasteiger partial charge in [-0.25, -0.2) is 4.98 Å². The fourth-order valence-electron chi connectivity index (χ4n) is 5.92. The number of hydrogen-bond donors (Lipinski definition) is 2. The lowest BCUT2D eigenvalue weighted by Crippen LogP contribution is -2.65. The Labute approximate surface area is 216 Å². The Morgan fingerprint density at radius 3 is 2.55 bits per heavy atom. The third kappa shape index (κ3) is 6.23. The van der Waals surface area contributed by atoms with Gasteiger partial charge in [-0.15, -0.1) is 24.0 Å². The molecule has 0 bridgehead atoms. The number of guanidine groups is 1. The van der Waals surface area contributed by atoms with E-state index in [1.54, 1.807) is 0 Å². The largest absolute Gasteiger partial charge is 0.444 e. The second kappa shape index (κ2) is 12.2. The van der Waals surface area contributed by atoms with Crippen LogP contribution in [-0.4, -0.2) is 60.8 Å². The quantitative estimate of drug-likeness (QED) is 0.273. The number of aromatic nitrogens is 1. The molecule has 1 aliphatic heterocycles. The molecular formula is C25H44IN5O2. The summed E-state index contributed by atoms with van der Waals surface area (Å²) in [5, 5.41) is 7.28. The van der Waals surface area contributed by atoms with Crippen LogP contribution in [-0.2, 0) is 11.3 Å². The molecule has 1 aromatic heterocycles. The summed E-state index contributed by atoms with van der Waals surface area (Å²) in [6, 6.07) is 0.494. The van der Waals surface area contributed by atoms with Gasteiger partial charge in [0.15, 0.2) is 5.96 Å². The van der Waals surface area contributed by atoms with Gasteiger partial charge in [0.1, 0.15) is 5.76 Å². The first-order valence-electron chi connectivity index (χ1n) is 12.9. The van der Waals surface area contributed by atoms with Crippen molar-refractivity contribution < 1.29 is 9.15 Å². The molecule has 33 heavy (non-hydrogen) atoms. The fraction of sp³-hybridized carbons (Fsp3) is 0.840. The van der Waals surface area contributed by atoms with Gasteiger partial charge in [-0.2, -0.15) is 0 Å². The first kappa shape index (κ1) is 26.7. The van der Waals surface area contributed by atoms with Gasteiger partial charge in [0.2, 0.25) is 5.89 Å². The van der Waals surface area contributed by atoms with Gasteiger partial charge in [-0.05, 0) is 78.8 Å². The number of hydrogen-bond acceptors (Lipinski definition) is 5. The molecule has 3 aliphatic rings. The van der Waals surface area contributed by atoms with E-state index in [1.165, 1.54) is 38.5 Å². The van der Waals surface area contributed by atoms with Crippen LogP contribution in [0.4, 0.5) is 0 Å². The molecule has 0 aromatic carbocycles. The van der Waals surface area contributed by atoms with E-state index in [-0.39, 0.29) is 24.0 Å². The third-order valence-corrected chi connectivity index (χ3v) is 7.99. The van der Waals surface area contributed by atoms with Crippen molar-refractivity contribution >= 4 is 29.9 Å². The number of aliphatic imine (C=N–C) groups is 1. The highest BCUT2D eigenvalue weighted by Crippen LogP contribution is 2.54. The van der Waals surface area contributed by atoms with Gasteiger partial charge in [-0.3, -0.25) is 9.89 Å². The predicted molar refractivity (Wildman–Crippen MR) is 143 cm³/mol. The van der Waals surface area contributed by atoms with Gasteiger partial charge in [0.05, 0.1) is 18.3 Å². The summed E-state index contributed by atoms with van der Waals surface area (Å²) >= 11 is 0. The van der Waals surface area contributed by atoms with E-state index in [9.17, 15) is 0 Å². The van der Waals surface area contributed by atoms with Crippen molar-refractivity contribution in [1.29, 1.82) is 0 Å². The van der Waals surface area contributed by atoms with E-state index in [4.69, 9.17) is 14.1 Å². The second-order valence-electron chi connectivity index (χ2n) is 10.0. The van der Waals surface area contributed by atoms with Crippen LogP contribution in [0.2, 0.25) is 0 Å². The van der Waals surface area contributed by atoms with Gasteiger partial charge in [0.25, 0.3) is 0 Å². The average Bonchev–Trinajstić information content (AvgIpc) is 3.41. The Kier molecular flexibility index (Phi) is 9.88. The third-order valence-electron chi connectivity index (χ3n) is 7.99. The zero-order chi connectivity index (χ0) is 22.6. The molecule has 1 aromatic rings. The van der Waals surface area contributed by atoms with Crippen LogP contribution in [0.3, 0.4) is 0 Å². The highest BCUT2D eigenvalue weighted by molar-refractivity contribution is 14.0. The molecule has 1 spiro atoms. The molecule has 1 saturated heterocycles. The van der Waals surface area contributed by atoms with E-state index < -0.39 is 0 Å². The minimum Gasteiger partial charge on any atom is -0.444 e. The van der Waals surface area contributed by atoms with Crippen molar-refractivity contribution in [2.75, 3.05) is 32.8 Å². The Morgan fingerprint density at radius 2 is 1.94 bits per heavy atom. The molecule has 0 amide bonds. The van der Waals surface area contributed by atoms with Gasteiger partial charge in [-0.1, -0.05) is 12.8 Å². The smallest absolute Gasteiger partial charge is 0.208 e. The number of nitrogens with zero attached hydrogens (tertiary/aromatic N) is 3. The Balaban J connectivity index is 0.00000306. The fourth-order valence-corrected chi connectivity index (χ4v) is 5.92. The van der Waals surface area contributed by atoms with Crippen molar-refractivity contribution in [3.05, 3.63) is 17.3 Å². The maximum atomic E-state index is 6.09. The van der Waals surface area contributed by atoms with Crippen LogP contribution in [0.25, 0.3) is 0 Å². The van der Waals surface area contributed by atoms with Crippen LogP contribution in [0.1, 0.15) is 76.1 Å². The molecule has 2 heterocycles. The molecule has 7 nitrogen and oxygen atoms in total. The molecule has 3 fully saturated rings. The van der Waals surface area contributed by atoms with Crippen molar-refractivity contribution in [3.8, 4) is 0 Å². The summed E-state index contributed by atoms with van der Waals surface area (Å²) in [6.07, 6.45) is 9.14. The number of halogens is 1. The molecule has 2 saturated carbocycles. The lowest BCUT2D eigenvalue weighted by atomic mass is 9.60. The van der Waals surface area contributed by atoms with Gasteiger partial charge >= 0.3 is 0 Å². The SMILES string of the molecule is CCNC(=NCC1CCN(Cc2nc(C)c(C)o2)CC1)NC1CC(OCC)C12CCCC2.I. The van der Waals surface area contributed by atoms with Crippen molar-refractivity contribution in [2.24, 2.45) is 16.3 Å². The number of nitrogens with one attached hydrogen (secondary N) is 2. The van der Waals surface area contributed by atoms with E-state index in [0.29, 0.717) is 23.5 Å². The molecule has 2 atom stereocenters. The molecule has 2 N–H and O–H groups in total. The second-order valence-corrected chi connectivity index (χ2v) is 10.0. The van der Waals surface area contributed by atoms with Gasteiger partial charge < -0.3 is 19.8 Å². The normalized spacial score (nSPS) is 25.6. The molecule has 2 aliphatic carbocycles. The maximum absolute atomic E-state index is 6.09. The van der Waals surface area contributed by atoms with Crippen LogP contribution in [0, 0.1) is 25.2 Å². The zero-order valence-electron chi connectivity index (χ0n) is 21.0. The Hall–Kier alpha value is -0.870. The summed E-state index contributed by atoms with van der Waals surface area (Å²) < 4.78 is 11.9. The molecule has 4 rings (SSSR count). The first-order chi connectivity index (χ1) is 15.5. The van der Waals surface area contributed by atoms with Crippen molar-refractivity contribution in [3.63, 3.8) is 0 Å². The maximum Gasteiger partial charge on any atom is 0.208 e. The number of oxazole rings is 1. The predicted octanol–water partition coefficient (Wildman–Crippen LogP) is 4.41. The lowest BCUT2D eigenvalue weighted by molar-refractivity contribution is -0.125.